The van der Waals surface area contributed by atoms with Gasteiger partial charge in [0.2, 0.25) is 0 Å². The highest BCUT2D eigenvalue weighted by molar-refractivity contribution is 5.85. The van der Waals surface area contributed by atoms with E-state index in [2.05, 4.69) is 31.2 Å². The van der Waals surface area contributed by atoms with Crippen LogP contribution in [0.4, 0.5) is 0 Å². The fourth-order valence-electron chi connectivity index (χ4n) is 2.05. The lowest BCUT2D eigenvalue weighted by Crippen LogP contribution is -2.26. The molecule has 1 saturated carbocycles. The topological polar surface area (TPSA) is 26.0 Å². The Morgan fingerprint density at radius 3 is 2.27 bits per heavy atom. The van der Waals surface area contributed by atoms with Gasteiger partial charge in [0.1, 0.15) is 0 Å². The highest BCUT2D eigenvalue weighted by Gasteiger charge is 2.25. The molecule has 0 saturated heterocycles. The summed E-state index contributed by atoms with van der Waals surface area (Å²) in [5.41, 5.74) is 8.90. The minimum absolute atomic E-state index is 0. The van der Waals surface area contributed by atoms with Gasteiger partial charge in [-0.1, -0.05) is 37.6 Å². The van der Waals surface area contributed by atoms with Crippen LogP contribution in [0.25, 0.3) is 0 Å². The van der Waals surface area contributed by atoms with E-state index < -0.39 is 0 Å². The van der Waals surface area contributed by atoms with Crippen LogP contribution in [-0.4, -0.2) is 0 Å². The number of hydrogen-bond donors (Lipinski definition) is 1. The Labute approximate surface area is 98.5 Å². The second-order valence-corrected chi connectivity index (χ2v) is 4.31. The van der Waals surface area contributed by atoms with Crippen LogP contribution >= 0.6 is 12.4 Å². The molecule has 84 valence electrons. The van der Waals surface area contributed by atoms with Crippen molar-refractivity contribution in [2.45, 2.75) is 38.6 Å². The van der Waals surface area contributed by atoms with Gasteiger partial charge < -0.3 is 5.73 Å². The molecule has 0 aromatic heterocycles. The van der Waals surface area contributed by atoms with E-state index in [0.717, 1.165) is 12.3 Å². The van der Waals surface area contributed by atoms with Gasteiger partial charge in [0.15, 0.2) is 0 Å². The van der Waals surface area contributed by atoms with E-state index in [1.807, 2.05) is 0 Å². The second-order valence-electron chi connectivity index (χ2n) is 4.31. The molecule has 0 aliphatic heterocycles. The first-order valence-electron chi connectivity index (χ1n) is 5.65. The Bertz CT molecular complexity index is 290. The third-order valence-electron chi connectivity index (χ3n) is 3.43. The molecule has 0 bridgehead atoms. The van der Waals surface area contributed by atoms with Crippen molar-refractivity contribution in [1.82, 2.24) is 0 Å². The van der Waals surface area contributed by atoms with Crippen LogP contribution < -0.4 is 5.73 Å². The van der Waals surface area contributed by atoms with Crippen molar-refractivity contribution < 1.29 is 0 Å². The van der Waals surface area contributed by atoms with Gasteiger partial charge in [0, 0.05) is 6.04 Å². The van der Waals surface area contributed by atoms with E-state index in [-0.39, 0.29) is 18.4 Å². The molecule has 1 nitrogen and oxygen atoms in total. The summed E-state index contributed by atoms with van der Waals surface area (Å²) in [6, 6.07) is 9.07. The molecule has 0 heterocycles. The molecular weight excluding hydrogens is 206 g/mol. The van der Waals surface area contributed by atoms with Crippen LogP contribution in [0.5, 0.6) is 0 Å². The molecule has 0 radical (unpaired) electrons. The van der Waals surface area contributed by atoms with E-state index >= 15 is 0 Å². The van der Waals surface area contributed by atoms with Crippen molar-refractivity contribution in [3.8, 4) is 0 Å². The zero-order valence-electron chi connectivity index (χ0n) is 9.28. The highest BCUT2D eigenvalue weighted by atomic mass is 35.5. The van der Waals surface area contributed by atoms with E-state index in [9.17, 15) is 0 Å². The Kier molecular flexibility index (Phi) is 4.62. The van der Waals surface area contributed by atoms with Crippen molar-refractivity contribution in [3.63, 3.8) is 0 Å². The van der Waals surface area contributed by atoms with Crippen molar-refractivity contribution in [2.75, 3.05) is 0 Å². The lowest BCUT2D eigenvalue weighted by Gasteiger charge is -2.31. The minimum atomic E-state index is 0. The average molecular weight is 226 g/mol. The normalized spacial score (nSPS) is 17.7. The molecule has 2 rings (SSSR count). The number of nitrogens with two attached hydrogens (primary N) is 1. The molecule has 0 spiro atoms. The van der Waals surface area contributed by atoms with Crippen molar-refractivity contribution in [2.24, 2.45) is 11.7 Å². The Morgan fingerprint density at radius 2 is 1.87 bits per heavy atom. The van der Waals surface area contributed by atoms with Gasteiger partial charge in [-0.3, -0.25) is 0 Å². The summed E-state index contributed by atoms with van der Waals surface area (Å²) in [6.07, 6.45) is 5.11. The summed E-state index contributed by atoms with van der Waals surface area (Å²) in [4.78, 5) is 0. The van der Waals surface area contributed by atoms with E-state index in [4.69, 9.17) is 5.73 Å². The summed E-state index contributed by atoms with van der Waals surface area (Å²) >= 11 is 0. The molecule has 1 atom stereocenters. The van der Waals surface area contributed by atoms with Crippen LogP contribution in [0, 0.1) is 5.92 Å². The fourth-order valence-corrected chi connectivity index (χ4v) is 2.05. The first-order chi connectivity index (χ1) is 6.81. The molecule has 1 aromatic rings. The third kappa shape index (κ3) is 2.73. The quantitative estimate of drug-likeness (QED) is 0.838. The molecule has 2 heteroatoms. The zero-order chi connectivity index (χ0) is 9.97. The highest BCUT2D eigenvalue weighted by Crippen LogP contribution is 2.36. The van der Waals surface area contributed by atoms with Gasteiger partial charge in [0.25, 0.3) is 0 Å². The summed E-state index contributed by atoms with van der Waals surface area (Å²) in [5, 5.41) is 0. The van der Waals surface area contributed by atoms with Gasteiger partial charge in [-0.25, -0.2) is 0 Å². The molecule has 1 aromatic carbocycles. The lowest BCUT2D eigenvalue weighted by atomic mass is 9.77. The zero-order valence-corrected chi connectivity index (χ0v) is 10.1. The maximum Gasteiger partial charge on any atom is 0.0323 e. The molecule has 1 aliphatic rings. The molecule has 2 N–H and O–H groups in total. The number of benzene rings is 1. The number of rotatable bonds is 3. The summed E-state index contributed by atoms with van der Waals surface area (Å²) < 4.78 is 0. The number of halogens is 1. The van der Waals surface area contributed by atoms with Gasteiger partial charge in [-0.2, -0.15) is 0 Å². The van der Waals surface area contributed by atoms with Gasteiger partial charge in [-0.05, 0) is 36.3 Å². The first-order valence-corrected chi connectivity index (χ1v) is 5.65. The largest absolute Gasteiger partial charge is 0.324 e. The van der Waals surface area contributed by atoms with Crippen molar-refractivity contribution >= 4 is 12.4 Å². The van der Waals surface area contributed by atoms with E-state index in [1.165, 1.54) is 30.4 Å². The predicted molar refractivity (Wildman–Crippen MR) is 67.3 cm³/mol. The van der Waals surface area contributed by atoms with Crippen LogP contribution in [-0.2, 0) is 6.42 Å². The average Bonchev–Trinajstić information content (AvgIpc) is 2.15. The van der Waals surface area contributed by atoms with E-state index in [0.29, 0.717) is 0 Å². The van der Waals surface area contributed by atoms with Gasteiger partial charge >= 0.3 is 0 Å². The Hall–Kier alpha value is -0.530. The number of hydrogen-bond acceptors (Lipinski definition) is 1. The van der Waals surface area contributed by atoms with Crippen molar-refractivity contribution in [1.29, 1.82) is 0 Å². The van der Waals surface area contributed by atoms with Gasteiger partial charge in [-0.15, -0.1) is 12.4 Å². The molecule has 0 amide bonds. The molecule has 0 unspecified atom stereocenters. The number of aryl methyl sites for hydroxylation is 1. The monoisotopic (exact) mass is 225 g/mol. The third-order valence-corrected chi connectivity index (χ3v) is 3.43. The molecule has 1 aliphatic carbocycles. The van der Waals surface area contributed by atoms with Crippen LogP contribution in [0.15, 0.2) is 24.3 Å². The fraction of sp³-hybridized carbons (Fsp3) is 0.538. The molecular formula is C13H20ClN. The van der Waals surface area contributed by atoms with Crippen LogP contribution in [0.3, 0.4) is 0 Å². The summed E-state index contributed by atoms with van der Waals surface area (Å²) in [7, 11) is 0. The predicted octanol–water partition coefficient (Wildman–Crippen LogP) is 3.47. The Balaban J connectivity index is 0.00000112. The SMILES string of the molecule is CCc1ccc([C@@H](N)C2CCC2)cc1.Cl. The maximum atomic E-state index is 6.19. The van der Waals surface area contributed by atoms with Crippen LogP contribution in [0.2, 0.25) is 0 Å². The van der Waals surface area contributed by atoms with Gasteiger partial charge in [0.05, 0.1) is 0 Å². The lowest BCUT2D eigenvalue weighted by molar-refractivity contribution is 0.264. The molecule has 1 fully saturated rings. The maximum absolute atomic E-state index is 6.19. The summed E-state index contributed by atoms with van der Waals surface area (Å²) in [6.45, 7) is 2.18. The Morgan fingerprint density at radius 1 is 1.27 bits per heavy atom. The van der Waals surface area contributed by atoms with E-state index in [1.54, 1.807) is 0 Å². The standard InChI is InChI=1S/C13H19N.ClH/c1-2-10-6-8-12(9-7-10)13(14)11-4-3-5-11;/h6-9,11,13H,2-5,14H2,1H3;1H/t13-;/m0./s1. The van der Waals surface area contributed by atoms with Crippen molar-refractivity contribution in [3.05, 3.63) is 35.4 Å². The minimum Gasteiger partial charge on any atom is -0.324 e. The first kappa shape index (κ1) is 12.5. The molecule has 15 heavy (non-hydrogen) atoms. The summed E-state index contributed by atoms with van der Waals surface area (Å²) in [5.74, 6) is 0.738. The second kappa shape index (κ2) is 5.53. The smallest absolute Gasteiger partial charge is 0.0323 e. The van der Waals surface area contributed by atoms with Crippen LogP contribution in [0.1, 0.15) is 43.4 Å².